The number of ether oxygens (including phenoxy) is 2. The highest BCUT2D eigenvalue weighted by molar-refractivity contribution is 5.31. The van der Waals surface area contributed by atoms with Gasteiger partial charge in [0, 0.05) is 0 Å². The molecule has 18 heavy (non-hydrogen) atoms. The topological polar surface area (TPSA) is 18.5 Å². The van der Waals surface area contributed by atoms with Crippen molar-refractivity contribution in [3.05, 3.63) is 24.3 Å². The van der Waals surface area contributed by atoms with E-state index in [2.05, 4.69) is 47.6 Å². The first-order chi connectivity index (χ1) is 8.16. The molecule has 0 unspecified atom stereocenters. The quantitative estimate of drug-likeness (QED) is 0.790. The van der Waals surface area contributed by atoms with E-state index in [4.69, 9.17) is 9.47 Å². The fourth-order valence-electron chi connectivity index (χ4n) is 1.18. The molecule has 2 nitrogen and oxygen atoms in total. The fraction of sp³-hybridized carbons (Fsp3) is 0.625. The van der Waals surface area contributed by atoms with Crippen molar-refractivity contribution in [2.75, 3.05) is 13.2 Å². The van der Waals surface area contributed by atoms with E-state index >= 15 is 0 Å². The van der Waals surface area contributed by atoms with Crippen molar-refractivity contribution in [2.45, 2.75) is 41.5 Å². The van der Waals surface area contributed by atoms with Gasteiger partial charge in [-0.05, 0) is 23.0 Å². The molecular weight excluding hydrogens is 224 g/mol. The summed E-state index contributed by atoms with van der Waals surface area (Å²) in [6, 6.07) is 8.91. The minimum Gasteiger partial charge on any atom is -0.492 e. The molecule has 0 saturated heterocycles. The van der Waals surface area contributed by atoms with E-state index in [1.807, 2.05) is 18.2 Å². The van der Waals surface area contributed by atoms with Crippen LogP contribution in [0.15, 0.2) is 18.2 Å². The lowest BCUT2D eigenvalue weighted by atomic mass is 9.99. The molecular formula is C16H25O2. The summed E-state index contributed by atoms with van der Waals surface area (Å²) in [5.41, 5.74) is 0.298. The Hall–Kier alpha value is -1.18. The van der Waals surface area contributed by atoms with Gasteiger partial charge in [0.15, 0.2) is 0 Å². The molecule has 0 aromatic heterocycles. The average molecular weight is 249 g/mol. The van der Waals surface area contributed by atoms with Crippen molar-refractivity contribution < 1.29 is 9.47 Å². The van der Waals surface area contributed by atoms with Crippen molar-refractivity contribution in [2.24, 2.45) is 10.8 Å². The molecule has 1 aromatic carbocycles. The summed E-state index contributed by atoms with van der Waals surface area (Å²) in [6.45, 7) is 14.2. The third-order valence-electron chi connectivity index (χ3n) is 2.06. The maximum atomic E-state index is 5.71. The van der Waals surface area contributed by atoms with E-state index in [1.54, 1.807) is 0 Å². The molecule has 0 aliphatic carbocycles. The summed E-state index contributed by atoms with van der Waals surface area (Å²) >= 11 is 0. The van der Waals surface area contributed by atoms with Crippen LogP contribution in [0.25, 0.3) is 0 Å². The Kier molecular flexibility index (Phi) is 4.66. The summed E-state index contributed by atoms with van der Waals surface area (Å²) in [7, 11) is 0. The standard InChI is InChI=1S/C16H25O2/c1-15(2,3)11-17-13-8-7-9-14(10-13)18-12-16(4,5)6/h7-9H,11-12H2,1-6H3. The van der Waals surface area contributed by atoms with Gasteiger partial charge in [-0.15, -0.1) is 0 Å². The lowest BCUT2D eigenvalue weighted by Gasteiger charge is -2.20. The summed E-state index contributed by atoms with van der Waals surface area (Å²) in [6.07, 6.45) is 0. The lowest BCUT2D eigenvalue weighted by Crippen LogP contribution is -2.18. The first kappa shape index (κ1) is 14.9. The van der Waals surface area contributed by atoms with Crippen LogP contribution in [0.2, 0.25) is 0 Å². The normalized spacial score (nSPS) is 12.3. The van der Waals surface area contributed by atoms with Crippen LogP contribution in [0.1, 0.15) is 41.5 Å². The molecule has 0 amide bonds. The Morgan fingerprint density at radius 1 is 0.833 bits per heavy atom. The Balaban J connectivity index is 2.57. The minimum absolute atomic E-state index is 0.149. The van der Waals surface area contributed by atoms with E-state index in [1.165, 1.54) is 0 Å². The number of hydrogen-bond donors (Lipinski definition) is 0. The highest BCUT2D eigenvalue weighted by Gasteiger charge is 2.13. The highest BCUT2D eigenvalue weighted by atomic mass is 16.5. The Bertz CT molecular complexity index is 336. The van der Waals surface area contributed by atoms with Gasteiger partial charge in [0.25, 0.3) is 0 Å². The van der Waals surface area contributed by atoms with Gasteiger partial charge in [0.2, 0.25) is 0 Å². The number of benzene rings is 1. The van der Waals surface area contributed by atoms with Crippen LogP contribution in [-0.2, 0) is 0 Å². The summed E-state index contributed by atoms with van der Waals surface area (Å²) < 4.78 is 11.4. The first-order valence-electron chi connectivity index (χ1n) is 6.44. The second-order valence-electron chi connectivity index (χ2n) is 7.08. The van der Waals surface area contributed by atoms with E-state index in [0.717, 1.165) is 11.5 Å². The van der Waals surface area contributed by atoms with Gasteiger partial charge in [-0.25, -0.2) is 0 Å². The van der Waals surface area contributed by atoms with Gasteiger partial charge in [0.05, 0.1) is 19.3 Å². The third kappa shape index (κ3) is 6.53. The molecule has 101 valence electrons. The monoisotopic (exact) mass is 249 g/mol. The van der Waals surface area contributed by atoms with Gasteiger partial charge < -0.3 is 9.47 Å². The maximum absolute atomic E-state index is 5.71. The number of hydrogen-bond acceptors (Lipinski definition) is 2. The van der Waals surface area contributed by atoms with E-state index < -0.39 is 0 Å². The zero-order valence-corrected chi connectivity index (χ0v) is 12.5. The van der Waals surface area contributed by atoms with E-state index in [0.29, 0.717) is 13.2 Å². The molecule has 0 fully saturated rings. The molecule has 0 heterocycles. The Morgan fingerprint density at radius 3 is 1.56 bits per heavy atom. The van der Waals surface area contributed by atoms with Gasteiger partial charge in [0.1, 0.15) is 11.5 Å². The molecule has 0 spiro atoms. The molecule has 1 aromatic rings. The second kappa shape index (κ2) is 5.64. The summed E-state index contributed by atoms with van der Waals surface area (Å²) in [5.74, 6) is 1.49. The van der Waals surface area contributed by atoms with Crippen molar-refractivity contribution in [3.63, 3.8) is 0 Å². The van der Waals surface area contributed by atoms with Crippen LogP contribution >= 0.6 is 0 Å². The smallest absolute Gasteiger partial charge is 0.131 e. The SMILES string of the molecule is CC(C)(C)COc1[c]c(OCC(C)(C)C)ccc1. The zero-order valence-electron chi connectivity index (χ0n) is 12.5. The molecule has 0 bridgehead atoms. The maximum Gasteiger partial charge on any atom is 0.131 e. The summed E-state index contributed by atoms with van der Waals surface area (Å²) in [4.78, 5) is 0. The Morgan fingerprint density at radius 2 is 1.22 bits per heavy atom. The van der Waals surface area contributed by atoms with Crippen LogP contribution in [0.4, 0.5) is 0 Å². The van der Waals surface area contributed by atoms with Crippen LogP contribution in [0.5, 0.6) is 11.5 Å². The predicted molar refractivity (Wildman–Crippen MR) is 75.2 cm³/mol. The van der Waals surface area contributed by atoms with Crippen molar-refractivity contribution in [3.8, 4) is 11.5 Å². The van der Waals surface area contributed by atoms with Gasteiger partial charge in [-0.1, -0.05) is 47.6 Å². The van der Waals surface area contributed by atoms with Gasteiger partial charge in [-0.2, -0.15) is 0 Å². The zero-order chi connectivity index (χ0) is 13.8. The minimum atomic E-state index is 0.149. The molecule has 0 aliphatic heterocycles. The third-order valence-corrected chi connectivity index (χ3v) is 2.06. The molecule has 0 N–H and O–H groups in total. The highest BCUT2D eigenvalue weighted by Crippen LogP contribution is 2.23. The van der Waals surface area contributed by atoms with Gasteiger partial charge in [-0.3, -0.25) is 0 Å². The van der Waals surface area contributed by atoms with Gasteiger partial charge >= 0.3 is 0 Å². The number of rotatable bonds is 4. The molecule has 0 aliphatic rings. The second-order valence-corrected chi connectivity index (χ2v) is 7.08. The molecule has 2 heteroatoms. The van der Waals surface area contributed by atoms with Crippen molar-refractivity contribution in [1.82, 2.24) is 0 Å². The lowest BCUT2D eigenvalue weighted by molar-refractivity contribution is 0.188. The van der Waals surface area contributed by atoms with E-state index in [-0.39, 0.29) is 10.8 Å². The Labute approximate surface area is 111 Å². The molecule has 1 radical (unpaired) electrons. The first-order valence-corrected chi connectivity index (χ1v) is 6.44. The molecule has 0 saturated carbocycles. The fourth-order valence-corrected chi connectivity index (χ4v) is 1.18. The predicted octanol–water partition coefficient (Wildman–Crippen LogP) is 4.34. The molecule has 0 atom stereocenters. The van der Waals surface area contributed by atoms with Crippen molar-refractivity contribution in [1.29, 1.82) is 0 Å². The largest absolute Gasteiger partial charge is 0.492 e. The summed E-state index contributed by atoms with van der Waals surface area (Å²) in [5, 5.41) is 0. The van der Waals surface area contributed by atoms with E-state index in [9.17, 15) is 0 Å². The van der Waals surface area contributed by atoms with Crippen LogP contribution in [0, 0.1) is 16.9 Å². The van der Waals surface area contributed by atoms with Crippen LogP contribution in [0.3, 0.4) is 0 Å². The average Bonchev–Trinajstić information content (AvgIpc) is 2.22. The van der Waals surface area contributed by atoms with Crippen LogP contribution < -0.4 is 9.47 Å². The molecule has 1 rings (SSSR count). The van der Waals surface area contributed by atoms with Crippen molar-refractivity contribution >= 4 is 0 Å². The van der Waals surface area contributed by atoms with Crippen LogP contribution in [-0.4, -0.2) is 13.2 Å².